The third kappa shape index (κ3) is 2.93. The van der Waals surface area contributed by atoms with Crippen LogP contribution in [0.3, 0.4) is 0 Å². The highest BCUT2D eigenvalue weighted by Crippen LogP contribution is 2.22. The third-order valence-corrected chi connectivity index (χ3v) is 4.06. The van der Waals surface area contributed by atoms with Crippen LogP contribution >= 0.6 is 11.6 Å². The molecule has 1 rings (SSSR count). The first-order valence-corrected chi connectivity index (χ1v) is 6.60. The van der Waals surface area contributed by atoms with Crippen molar-refractivity contribution in [3.05, 3.63) is 28.8 Å². The van der Waals surface area contributed by atoms with Crippen molar-refractivity contribution >= 4 is 21.6 Å². The summed E-state index contributed by atoms with van der Waals surface area (Å²) in [5, 5.41) is 0.467. The summed E-state index contributed by atoms with van der Waals surface area (Å²) < 4.78 is 26.1. The smallest absolute Gasteiger partial charge is 0.211 e. The molecule has 0 amide bonds. The zero-order valence-electron chi connectivity index (χ0n) is 8.75. The van der Waals surface area contributed by atoms with Crippen molar-refractivity contribution in [2.24, 2.45) is 0 Å². The van der Waals surface area contributed by atoms with Crippen LogP contribution in [0.15, 0.2) is 23.1 Å². The van der Waals surface area contributed by atoms with Crippen molar-refractivity contribution in [3.63, 3.8) is 0 Å². The predicted molar refractivity (Wildman–Crippen MR) is 61.7 cm³/mol. The molecule has 15 heavy (non-hydrogen) atoms. The van der Waals surface area contributed by atoms with Crippen LogP contribution < -0.4 is 4.72 Å². The van der Waals surface area contributed by atoms with E-state index in [1.54, 1.807) is 25.1 Å². The van der Waals surface area contributed by atoms with Crippen LogP contribution in [0.25, 0.3) is 0 Å². The Labute approximate surface area is 95.5 Å². The zero-order chi connectivity index (χ0) is 11.5. The molecule has 0 spiro atoms. The van der Waals surface area contributed by atoms with Crippen molar-refractivity contribution in [3.8, 4) is 0 Å². The average Bonchev–Trinajstić information content (AvgIpc) is 2.19. The lowest BCUT2D eigenvalue weighted by molar-refractivity contribution is 0.580. The first-order valence-electron chi connectivity index (χ1n) is 4.74. The van der Waals surface area contributed by atoms with E-state index in [0.717, 1.165) is 6.42 Å². The Kier molecular flexibility index (Phi) is 4.13. The fourth-order valence-corrected chi connectivity index (χ4v) is 2.82. The van der Waals surface area contributed by atoms with E-state index >= 15 is 0 Å². The maximum atomic E-state index is 11.8. The minimum atomic E-state index is -3.41. The highest BCUT2D eigenvalue weighted by Gasteiger charge is 2.16. The number of nitrogens with one attached hydrogen (secondary N) is 1. The van der Waals surface area contributed by atoms with Gasteiger partial charge < -0.3 is 0 Å². The van der Waals surface area contributed by atoms with Gasteiger partial charge in [0.25, 0.3) is 0 Å². The lowest BCUT2D eigenvalue weighted by Gasteiger charge is -2.09. The summed E-state index contributed by atoms with van der Waals surface area (Å²) in [4.78, 5) is 0.253. The Morgan fingerprint density at radius 1 is 1.40 bits per heavy atom. The summed E-state index contributed by atoms with van der Waals surface area (Å²) in [7, 11) is -3.41. The van der Waals surface area contributed by atoms with Gasteiger partial charge >= 0.3 is 0 Å². The monoisotopic (exact) mass is 247 g/mol. The number of rotatable bonds is 4. The van der Waals surface area contributed by atoms with Gasteiger partial charge in [-0.1, -0.05) is 24.6 Å². The van der Waals surface area contributed by atoms with Gasteiger partial charge in [0.15, 0.2) is 0 Å². The molecule has 0 heterocycles. The number of hydrogen-bond acceptors (Lipinski definition) is 2. The van der Waals surface area contributed by atoms with E-state index in [4.69, 9.17) is 11.6 Å². The first kappa shape index (κ1) is 12.5. The van der Waals surface area contributed by atoms with Crippen LogP contribution in [0.5, 0.6) is 0 Å². The van der Waals surface area contributed by atoms with Crippen molar-refractivity contribution in [2.75, 3.05) is 6.54 Å². The molecule has 84 valence electrons. The molecule has 0 aromatic heterocycles. The molecule has 1 aromatic carbocycles. The van der Waals surface area contributed by atoms with Crippen molar-refractivity contribution in [2.45, 2.75) is 25.2 Å². The molecule has 3 nitrogen and oxygen atoms in total. The minimum Gasteiger partial charge on any atom is -0.211 e. The molecule has 0 saturated heterocycles. The predicted octanol–water partition coefficient (Wildman–Crippen LogP) is 2.34. The van der Waals surface area contributed by atoms with Crippen LogP contribution in [-0.2, 0) is 10.0 Å². The molecule has 1 aromatic rings. The summed E-state index contributed by atoms with van der Waals surface area (Å²) in [6, 6.07) is 4.87. The molecule has 0 aliphatic rings. The lowest BCUT2D eigenvalue weighted by atomic mass is 10.2. The van der Waals surface area contributed by atoms with Gasteiger partial charge in [0.05, 0.1) is 4.90 Å². The molecule has 5 heteroatoms. The third-order valence-electron chi connectivity index (χ3n) is 2.05. The van der Waals surface area contributed by atoms with Crippen LogP contribution in [0.1, 0.15) is 18.9 Å². The minimum absolute atomic E-state index is 0.253. The molecule has 0 atom stereocenters. The van der Waals surface area contributed by atoms with E-state index in [2.05, 4.69) is 4.72 Å². The summed E-state index contributed by atoms with van der Waals surface area (Å²) in [5.41, 5.74) is 0.586. The van der Waals surface area contributed by atoms with Crippen molar-refractivity contribution in [1.29, 1.82) is 0 Å². The standard InChI is InChI=1S/C10H14ClNO2S/c1-3-7-12-15(13,14)10-6-4-5-9(11)8(10)2/h4-6,12H,3,7H2,1-2H3. The largest absolute Gasteiger partial charge is 0.240 e. The lowest BCUT2D eigenvalue weighted by Crippen LogP contribution is -2.25. The summed E-state index contributed by atoms with van der Waals surface area (Å²) >= 11 is 5.86. The van der Waals surface area contributed by atoms with E-state index in [1.165, 1.54) is 0 Å². The molecule has 0 unspecified atom stereocenters. The van der Waals surface area contributed by atoms with Crippen LogP contribution in [0.2, 0.25) is 5.02 Å². The Morgan fingerprint density at radius 3 is 2.67 bits per heavy atom. The number of benzene rings is 1. The molecule has 0 saturated carbocycles. The van der Waals surface area contributed by atoms with E-state index in [0.29, 0.717) is 17.1 Å². The topological polar surface area (TPSA) is 46.2 Å². The fourth-order valence-electron chi connectivity index (χ4n) is 1.19. The van der Waals surface area contributed by atoms with Crippen molar-refractivity contribution in [1.82, 2.24) is 4.72 Å². The summed E-state index contributed by atoms with van der Waals surface area (Å²) in [5.74, 6) is 0. The Bertz CT molecular complexity index is 443. The normalized spacial score (nSPS) is 11.7. The van der Waals surface area contributed by atoms with Gasteiger partial charge in [0, 0.05) is 11.6 Å². The van der Waals surface area contributed by atoms with Gasteiger partial charge in [0.1, 0.15) is 0 Å². The maximum absolute atomic E-state index is 11.8. The highest BCUT2D eigenvalue weighted by atomic mass is 35.5. The fraction of sp³-hybridized carbons (Fsp3) is 0.400. The Morgan fingerprint density at radius 2 is 2.07 bits per heavy atom. The molecule has 1 N–H and O–H groups in total. The molecule has 0 bridgehead atoms. The number of sulfonamides is 1. The van der Waals surface area contributed by atoms with E-state index < -0.39 is 10.0 Å². The maximum Gasteiger partial charge on any atom is 0.240 e. The highest BCUT2D eigenvalue weighted by molar-refractivity contribution is 7.89. The number of hydrogen-bond donors (Lipinski definition) is 1. The second-order valence-corrected chi connectivity index (χ2v) is 5.40. The van der Waals surface area contributed by atoms with Crippen LogP contribution in [0, 0.1) is 6.92 Å². The molecule has 0 aliphatic heterocycles. The van der Waals surface area contributed by atoms with Gasteiger partial charge in [-0.15, -0.1) is 0 Å². The zero-order valence-corrected chi connectivity index (χ0v) is 10.3. The Hall–Kier alpha value is -0.580. The Balaban J connectivity index is 3.10. The first-order chi connectivity index (χ1) is 6.99. The number of halogens is 1. The van der Waals surface area contributed by atoms with E-state index in [-0.39, 0.29) is 4.90 Å². The second kappa shape index (κ2) is 4.96. The van der Waals surface area contributed by atoms with Gasteiger partial charge in [-0.2, -0.15) is 0 Å². The average molecular weight is 248 g/mol. The summed E-state index contributed by atoms with van der Waals surface area (Å²) in [6.07, 6.45) is 0.763. The van der Waals surface area contributed by atoms with Crippen LogP contribution in [0.4, 0.5) is 0 Å². The molecule has 0 aliphatic carbocycles. The SMILES string of the molecule is CCCNS(=O)(=O)c1cccc(Cl)c1C. The molecular weight excluding hydrogens is 234 g/mol. The van der Waals surface area contributed by atoms with Gasteiger partial charge in [-0.25, -0.2) is 13.1 Å². The molecular formula is C10H14ClNO2S. The van der Waals surface area contributed by atoms with Crippen LogP contribution in [-0.4, -0.2) is 15.0 Å². The van der Waals surface area contributed by atoms with Gasteiger partial charge in [0.2, 0.25) is 10.0 Å². The van der Waals surface area contributed by atoms with Gasteiger partial charge in [-0.05, 0) is 31.0 Å². The summed E-state index contributed by atoms with van der Waals surface area (Å²) in [6.45, 7) is 4.05. The second-order valence-electron chi connectivity index (χ2n) is 3.26. The van der Waals surface area contributed by atoms with Gasteiger partial charge in [-0.3, -0.25) is 0 Å². The quantitative estimate of drug-likeness (QED) is 0.888. The molecule has 0 fully saturated rings. The molecule has 0 radical (unpaired) electrons. The van der Waals surface area contributed by atoms with E-state index in [9.17, 15) is 8.42 Å². The van der Waals surface area contributed by atoms with Crippen molar-refractivity contribution < 1.29 is 8.42 Å². The van der Waals surface area contributed by atoms with E-state index in [1.807, 2.05) is 6.92 Å².